The molecule has 0 bridgehead atoms. The monoisotopic (exact) mass is 520 g/mol. The maximum absolute atomic E-state index is 13.6. The molecule has 1 aromatic carbocycles. The lowest BCUT2D eigenvalue weighted by Crippen LogP contribution is -2.25. The topological polar surface area (TPSA) is 145 Å². The molecule has 1 amide bonds. The third kappa shape index (κ3) is 6.49. The number of amidine groups is 1. The average molecular weight is 521 g/mol. The molecule has 1 unspecified atom stereocenters. The summed E-state index contributed by atoms with van der Waals surface area (Å²) in [6, 6.07) is 9.44. The molecule has 1 aliphatic heterocycles. The minimum absolute atomic E-state index is 0.101. The summed E-state index contributed by atoms with van der Waals surface area (Å²) in [5.74, 6) is 0.0184. The first-order valence-corrected chi connectivity index (χ1v) is 11.5. The lowest BCUT2D eigenvalue weighted by atomic mass is 10.1. The highest BCUT2D eigenvalue weighted by Crippen LogP contribution is 2.28. The van der Waals surface area contributed by atoms with E-state index in [1.165, 1.54) is 19.2 Å². The number of aliphatic imine (C=N–C) groups is 1. The first-order chi connectivity index (χ1) is 18.4. The lowest BCUT2D eigenvalue weighted by molar-refractivity contribution is 0.0814. The SMILES string of the molecule is C=N/C(C)=N\OCc1ccc(C2CC(c3cc(C(=O)NCc4ccc(F)c(OC)c4)nc(C)n3)=NO2)nn1. The maximum atomic E-state index is 13.6. The largest absolute Gasteiger partial charge is 0.494 e. The van der Waals surface area contributed by atoms with Gasteiger partial charge >= 0.3 is 0 Å². The van der Waals surface area contributed by atoms with Crippen LogP contribution in [0.3, 0.4) is 0 Å². The van der Waals surface area contributed by atoms with Crippen molar-refractivity contribution in [1.29, 1.82) is 0 Å². The van der Waals surface area contributed by atoms with E-state index in [0.717, 1.165) is 0 Å². The standard InChI is InChI=1S/C25H25FN8O4/c1-14(27-3)33-37-13-17-6-8-19(32-31-17)24-11-21(34-38-24)20-10-22(30-15(2)29-20)25(35)28-12-16-5-7-18(26)23(9-16)36-4/h5-10,24H,3,11-13H2,1-2,4H3,(H,28,35)/b33-14-. The molecule has 196 valence electrons. The number of aryl methyl sites for hydroxylation is 1. The van der Waals surface area contributed by atoms with E-state index >= 15 is 0 Å². The zero-order valence-corrected chi connectivity index (χ0v) is 21.0. The number of nitrogens with zero attached hydrogens (tertiary/aromatic N) is 7. The molecule has 0 aliphatic carbocycles. The number of halogens is 1. The summed E-state index contributed by atoms with van der Waals surface area (Å²) in [7, 11) is 1.38. The molecular formula is C25H25FN8O4. The molecule has 1 N–H and O–H groups in total. The number of hydrogen-bond acceptors (Lipinski definition) is 10. The van der Waals surface area contributed by atoms with Gasteiger partial charge in [0.25, 0.3) is 5.91 Å². The quantitative estimate of drug-likeness (QED) is 0.257. The highest BCUT2D eigenvalue weighted by Gasteiger charge is 2.27. The Morgan fingerprint density at radius 1 is 1.24 bits per heavy atom. The Hall–Kier alpha value is -4.81. The number of carbonyl (C=O) groups excluding carboxylic acids is 1. The smallest absolute Gasteiger partial charge is 0.270 e. The second-order valence-electron chi connectivity index (χ2n) is 8.19. The molecule has 0 spiro atoms. The summed E-state index contributed by atoms with van der Waals surface area (Å²) in [4.78, 5) is 35.8. The van der Waals surface area contributed by atoms with Crippen molar-refractivity contribution in [3.05, 3.63) is 76.4 Å². The molecule has 0 saturated heterocycles. The average Bonchev–Trinajstić information content (AvgIpc) is 3.43. The van der Waals surface area contributed by atoms with E-state index < -0.39 is 17.8 Å². The summed E-state index contributed by atoms with van der Waals surface area (Å²) in [5.41, 5.74) is 3.02. The van der Waals surface area contributed by atoms with Gasteiger partial charge in [-0.05, 0) is 56.5 Å². The van der Waals surface area contributed by atoms with Gasteiger partial charge in [0.15, 0.2) is 30.1 Å². The molecule has 12 nitrogen and oxygen atoms in total. The third-order valence-corrected chi connectivity index (χ3v) is 5.41. The molecule has 1 atom stereocenters. The van der Waals surface area contributed by atoms with Crippen LogP contribution < -0.4 is 10.1 Å². The predicted octanol–water partition coefficient (Wildman–Crippen LogP) is 3.07. The van der Waals surface area contributed by atoms with E-state index in [1.807, 2.05) is 0 Å². The van der Waals surface area contributed by atoms with Crippen molar-refractivity contribution in [3.63, 3.8) is 0 Å². The van der Waals surface area contributed by atoms with Gasteiger partial charge in [-0.3, -0.25) is 4.79 Å². The van der Waals surface area contributed by atoms with E-state index in [4.69, 9.17) is 14.4 Å². The highest BCUT2D eigenvalue weighted by molar-refractivity contribution is 6.02. The van der Waals surface area contributed by atoms with Crippen LogP contribution in [0.4, 0.5) is 4.39 Å². The molecule has 0 radical (unpaired) electrons. The minimum atomic E-state index is -0.478. The fourth-order valence-electron chi connectivity index (χ4n) is 3.45. The zero-order chi connectivity index (χ0) is 27.1. The van der Waals surface area contributed by atoms with Crippen molar-refractivity contribution >= 4 is 24.2 Å². The summed E-state index contributed by atoms with van der Waals surface area (Å²) in [6.07, 6.45) is -0.0787. The highest BCUT2D eigenvalue weighted by atomic mass is 19.1. The van der Waals surface area contributed by atoms with Gasteiger partial charge < -0.3 is 19.7 Å². The van der Waals surface area contributed by atoms with Crippen LogP contribution in [0.5, 0.6) is 5.75 Å². The van der Waals surface area contributed by atoms with Crippen molar-refractivity contribution < 1.29 is 23.6 Å². The van der Waals surface area contributed by atoms with Gasteiger partial charge in [0.2, 0.25) is 0 Å². The summed E-state index contributed by atoms with van der Waals surface area (Å²) >= 11 is 0. The van der Waals surface area contributed by atoms with Crippen molar-refractivity contribution in [1.82, 2.24) is 25.5 Å². The Morgan fingerprint density at radius 2 is 2.08 bits per heavy atom. The van der Waals surface area contributed by atoms with Crippen molar-refractivity contribution in [2.45, 2.75) is 39.5 Å². The molecule has 0 saturated carbocycles. The molecule has 2 aromatic heterocycles. The normalized spacial score (nSPS) is 14.9. The number of aromatic nitrogens is 4. The number of oxime groups is 2. The maximum Gasteiger partial charge on any atom is 0.270 e. The van der Waals surface area contributed by atoms with Crippen LogP contribution in [0, 0.1) is 12.7 Å². The number of ether oxygens (including phenoxy) is 1. The van der Waals surface area contributed by atoms with Crippen LogP contribution in [-0.2, 0) is 22.8 Å². The van der Waals surface area contributed by atoms with Crippen molar-refractivity contribution in [3.8, 4) is 5.75 Å². The lowest BCUT2D eigenvalue weighted by Gasteiger charge is -2.09. The number of methoxy groups -OCH3 is 1. The summed E-state index contributed by atoms with van der Waals surface area (Å²) in [6.45, 7) is 7.00. The number of hydrogen-bond donors (Lipinski definition) is 1. The van der Waals surface area contributed by atoms with Crippen LogP contribution in [0.15, 0.2) is 51.7 Å². The number of amides is 1. The number of carbonyl (C=O) groups is 1. The Kier molecular flexibility index (Phi) is 8.26. The molecule has 0 fully saturated rings. The van der Waals surface area contributed by atoms with Gasteiger partial charge in [0.1, 0.15) is 28.6 Å². The van der Waals surface area contributed by atoms with Crippen molar-refractivity contribution in [2.24, 2.45) is 15.3 Å². The molecule has 3 aromatic rings. The van der Waals surface area contributed by atoms with E-state index in [2.05, 4.69) is 47.5 Å². The van der Waals surface area contributed by atoms with E-state index in [1.54, 1.807) is 38.1 Å². The van der Waals surface area contributed by atoms with Gasteiger partial charge in [0, 0.05) is 13.0 Å². The van der Waals surface area contributed by atoms with E-state index in [-0.39, 0.29) is 24.6 Å². The van der Waals surface area contributed by atoms with Gasteiger partial charge in [-0.25, -0.2) is 19.4 Å². The fourth-order valence-corrected chi connectivity index (χ4v) is 3.45. The second-order valence-corrected chi connectivity index (χ2v) is 8.19. The molecular weight excluding hydrogens is 495 g/mol. The van der Waals surface area contributed by atoms with Gasteiger partial charge in [-0.2, -0.15) is 10.2 Å². The number of rotatable bonds is 9. The van der Waals surface area contributed by atoms with E-state index in [0.29, 0.717) is 46.4 Å². The van der Waals surface area contributed by atoms with Crippen LogP contribution in [0.25, 0.3) is 0 Å². The molecule has 3 heterocycles. The zero-order valence-electron chi connectivity index (χ0n) is 21.0. The van der Waals surface area contributed by atoms with Crippen LogP contribution in [-0.4, -0.2) is 51.4 Å². The fraction of sp³-hybridized carbons (Fsp3) is 0.280. The van der Waals surface area contributed by atoms with Gasteiger partial charge in [-0.15, -0.1) is 0 Å². The Labute approximate surface area is 217 Å². The molecule has 4 rings (SSSR count). The Morgan fingerprint density at radius 3 is 2.82 bits per heavy atom. The van der Waals surface area contributed by atoms with Crippen LogP contribution in [0.2, 0.25) is 0 Å². The summed E-state index contributed by atoms with van der Waals surface area (Å²) < 4.78 is 18.6. The van der Waals surface area contributed by atoms with E-state index in [9.17, 15) is 9.18 Å². The third-order valence-electron chi connectivity index (χ3n) is 5.41. The van der Waals surface area contributed by atoms with Crippen LogP contribution in [0.1, 0.15) is 58.4 Å². The Bertz CT molecular complexity index is 1390. The first-order valence-electron chi connectivity index (χ1n) is 11.5. The number of benzene rings is 1. The first kappa shape index (κ1) is 26.3. The Balaban J connectivity index is 1.38. The second kappa shape index (κ2) is 12.0. The molecule has 13 heteroatoms. The minimum Gasteiger partial charge on any atom is -0.494 e. The van der Waals surface area contributed by atoms with Gasteiger partial charge in [-0.1, -0.05) is 16.4 Å². The number of nitrogens with one attached hydrogen (secondary N) is 1. The van der Waals surface area contributed by atoms with Gasteiger partial charge in [0.05, 0.1) is 12.8 Å². The predicted molar refractivity (Wildman–Crippen MR) is 135 cm³/mol. The molecule has 1 aliphatic rings. The summed E-state index contributed by atoms with van der Waals surface area (Å²) in [5, 5.41) is 19.0. The van der Waals surface area contributed by atoms with Crippen molar-refractivity contribution in [2.75, 3.05) is 7.11 Å². The molecule has 38 heavy (non-hydrogen) atoms. The van der Waals surface area contributed by atoms with Crippen LogP contribution >= 0.6 is 0 Å².